The second-order valence-electron chi connectivity index (χ2n) is 6.79. The van der Waals surface area contributed by atoms with Gasteiger partial charge < -0.3 is 20.6 Å². The van der Waals surface area contributed by atoms with Crippen LogP contribution in [-0.4, -0.2) is 54.2 Å². The van der Waals surface area contributed by atoms with Crippen LogP contribution in [0.2, 0.25) is 0 Å². The summed E-state index contributed by atoms with van der Waals surface area (Å²) in [5, 5.41) is 10.7. The van der Waals surface area contributed by atoms with Gasteiger partial charge in [-0.15, -0.1) is 0 Å². The summed E-state index contributed by atoms with van der Waals surface area (Å²) in [5.41, 5.74) is 11.8. The van der Waals surface area contributed by atoms with Crippen LogP contribution in [-0.2, 0) is 19.4 Å². The summed E-state index contributed by atoms with van der Waals surface area (Å²) < 4.78 is 0. The first-order chi connectivity index (χ1) is 11.9. The molecule has 3 N–H and O–H groups in total. The molecule has 0 aliphatic rings. The Kier molecular flexibility index (Phi) is 9.47. The van der Waals surface area contributed by atoms with Crippen LogP contribution < -0.4 is 5.73 Å². The number of phenols is 1. The first-order valence-corrected chi connectivity index (χ1v) is 9.92. The number of hydrogen-bond donors (Lipinski definition) is 2. The molecule has 0 aromatic heterocycles. The van der Waals surface area contributed by atoms with Crippen molar-refractivity contribution in [1.82, 2.24) is 9.80 Å². The third kappa shape index (κ3) is 5.44. The van der Waals surface area contributed by atoms with Crippen LogP contribution in [0.3, 0.4) is 0 Å². The summed E-state index contributed by atoms with van der Waals surface area (Å²) in [6.07, 6.45) is 1.93. The lowest BCUT2D eigenvalue weighted by molar-refractivity contribution is 0.305. The zero-order chi connectivity index (χ0) is 19.0. The molecule has 0 radical (unpaired) electrons. The molecule has 1 aromatic carbocycles. The van der Waals surface area contributed by atoms with Gasteiger partial charge in [0.15, 0.2) is 0 Å². The molecule has 1 rings (SSSR count). The van der Waals surface area contributed by atoms with Crippen molar-refractivity contribution in [3.05, 3.63) is 27.8 Å². The summed E-state index contributed by atoms with van der Waals surface area (Å²) in [5.74, 6) is 0.414. The molecular weight excluding hydrogens is 310 g/mol. The molecule has 4 heteroatoms. The number of hydrogen-bond acceptors (Lipinski definition) is 4. The SMILES string of the molecule is CCN(CC)CCc1c(C)c(O)c(CN)c(CCN(CC)CC)c1C. The first kappa shape index (κ1) is 21.9. The van der Waals surface area contributed by atoms with Crippen molar-refractivity contribution in [3.63, 3.8) is 0 Å². The van der Waals surface area contributed by atoms with Gasteiger partial charge in [-0.05, 0) is 75.1 Å². The van der Waals surface area contributed by atoms with E-state index in [9.17, 15) is 5.11 Å². The standard InChI is InChI=1S/C21H39N3O/c1-7-23(8-2)13-11-18-16(5)19(12-14-24(9-3)10-4)20(15-22)21(25)17(18)6/h25H,7-15,22H2,1-6H3. The minimum Gasteiger partial charge on any atom is -0.507 e. The fourth-order valence-electron chi connectivity index (χ4n) is 3.75. The van der Waals surface area contributed by atoms with Crippen molar-refractivity contribution in [2.75, 3.05) is 39.3 Å². The fraction of sp³-hybridized carbons (Fsp3) is 0.714. The maximum Gasteiger partial charge on any atom is 0.123 e. The predicted molar refractivity (Wildman–Crippen MR) is 108 cm³/mol. The highest BCUT2D eigenvalue weighted by atomic mass is 16.3. The molecule has 0 fully saturated rings. The van der Waals surface area contributed by atoms with E-state index >= 15 is 0 Å². The number of likely N-dealkylation sites (N-methyl/N-ethyl adjacent to an activating group) is 2. The van der Waals surface area contributed by atoms with Gasteiger partial charge in [0, 0.05) is 25.2 Å². The van der Waals surface area contributed by atoms with E-state index in [1.165, 1.54) is 16.7 Å². The maximum atomic E-state index is 10.7. The molecular formula is C21H39N3O. The Morgan fingerprint density at radius 3 is 1.56 bits per heavy atom. The van der Waals surface area contributed by atoms with Crippen molar-refractivity contribution in [3.8, 4) is 5.75 Å². The molecule has 144 valence electrons. The van der Waals surface area contributed by atoms with Gasteiger partial charge in [-0.1, -0.05) is 27.7 Å². The van der Waals surface area contributed by atoms with Gasteiger partial charge in [0.25, 0.3) is 0 Å². The Bertz CT molecular complexity index is 535. The van der Waals surface area contributed by atoms with E-state index in [1.54, 1.807) is 0 Å². The van der Waals surface area contributed by atoms with Crippen LogP contribution in [0.25, 0.3) is 0 Å². The van der Waals surface area contributed by atoms with Gasteiger partial charge >= 0.3 is 0 Å². The third-order valence-corrected chi connectivity index (χ3v) is 5.71. The minimum atomic E-state index is 0.400. The average Bonchev–Trinajstić information content (AvgIpc) is 2.63. The highest BCUT2D eigenvalue weighted by Gasteiger charge is 2.19. The second kappa shape index (κ2) is 10.8. The fourth-order valence-corrected chi connectivity index (χ4v) is 3.75. The highest BCUT2D eigenvalue weighted by Crippen LogP contribution is 2.33. The van der Waals surface area contributed by atoms with Crippen LogP contribution >= 0.6 is 0 Å². The number of aromatic hydroxyl groups is 1. The predicted octanol–water partition coefficient (Wildman–Crippen LogP) is 3.24. The molecule has 0 aliphatic heterocycles. The Morgan fingerprint density at radius 2 is 1.16 bits per heavy atom. The second-order valence-corrected chi connectivity index (χ2v) is 6.79. The number of phenolic OH excluding ortho intramolecular Hbond substituents is 1. The van der Waals surface area contributed by atoms with E-state index in [0.717, 1.165) is 63.2 Å². The summed E-state index contributed by atoms with van der Waals surface area (Å²) in [6.45, 7) is 19.7. The topological polar surface area (TPSA) is 52.7 Å². The van der Waals surface area contributed by atoms with Crippen LogP contribution in [0, 0.1) is 13.8 Å². The summed E-state index contributed by atoms with van der Waals surface area (Å²) in [7, 11) is 0. The van der Waals surface area contributed by atoms with Crippen LogP contribution in [0.5, 0.6) is 5.75 Å². The molecule has 0 saturated carbocycles. The molecule has 0 amide bonds. The van der Waals surface area contributed by atoms with Crippen molar-refractivity contribution < 1.29 is 5.11 Å². The Labute approximate surface area is 155 Å². The number of nitrogens with zero attached hydrogens (tertiary/aromatic N) is 2. The van der Waals surface area contributed by atoms with Crippen molar-refractivity contribution in [2.45, 2.75) is 60.9 Å². The summed E-state index contributed by atoms with van der Waals surface area (Å²) >= 11 is 0. The molecule has 0 saturated heterocycles. The number of benzene rings is 1. The Balaban J connectivity index is 3.17. The molecule has 0 bridgehead atoms. The van der Waals surface area contributed by atoms with Crippen molar-refractivity contribution in [2.24, 2.45) is 5.73 Å². The molecule has 0 spiro atoms. The minimum absolute atomic E-state index is 0.400. The van der Waals surface area contributed by atoms with Crippen LogP contribution in [0.15, 0.2) is 0 Å². The lowest BCUT2D eigenvalue weighted by Crippen LogP contribution is -2.27. The Hall–Kier alpha value is -1.10. The molecule has 4 nitrogen and oxygen atoms in total. The number of nitrogens with two attached hydrogens (primary N) is 1. The van der Waals surface area contributed by atoms with E-state index in [4.69, 9.17) is 5.73 Å². The van der Waals surface area contributed by atoms with Crippen LogP contribution in [0.1, 0.15) is 55.5 Å². The highest BCUT2D eigenvalue weighted by molar-refractivity contribution is 5.54. The largest absolute Gasteiger partial charge is 0.507 e. The molecule has 0 atom stereocenters. The molecule has 0 heterocycles. The molecule has 0 unspecified atom stereocenters. The van der Waals surface area contributed by atoms with Gasteiger partial charge in [-0.25, -0.2) is 0 Å². The van der Waals surface area contributed by atoms with Gasteiger partial charge in [0.2, 0.25) is 0 Å². The van der Waals surface area contributed by atoms with Crippen molar-refractivity contribution in [1.29, 1.82) is 0 Å². The van der Waals surface area contributed by atoms with E-state index in [-0.39, 0.29) is 0 Å². The summed E-state index contributed by atoms with van der Waals surface area (Å²) in [4.78, 5) is 4.86. The first-order valence-electron chi connectivity index (χ1n) is 9.92. The van der Waals surface area contributed by atoms with E-state index in [1.807, 2.05) is 6.92 Å². The normalized spacial score (nSPS) is 11.7. The van der Waals surface area contributed by atoms with Crippen molar-refractivity contribution >= 4 is 0 Å². The zero-order valence-electron chi connectivity index (χ0n) is 17.3. The monoisotopic (exact) mass is 349 g/mol. The van der Waals surface area contributed by atoms with Gasteiger partial charge in [0.05, 0.1) is 0 Å². The Morgan fingerprint density at radius 1 is 0.720 bits per heavy atom. The van der Waals surface area contributed by atoms with E-state index in [2.05, 4.69) is 44.4 Å². The van der Waals surface area contributed by atoms with E-state index < -0.39 is 0 Å². The molecule has 25 heavy (non-hydrogen) atoms. The van der Waals surface area contributed by atoms with Gasteiger partial charge in [0.1, 0.15) is 5.75 Å². The maximum absolute atomic E-state index is 10.7. The van der Waals surface area contributed by atoms with Gasteiger partial charge in [-0.3, -0.25) is 0 Å². The molecule has 0 aliphatic carbocycles. The number of rotatable bonds is 11. The van der Waals surface area contributed by atoms with E-state index in [0.29, 0.717) is 12.3 Å². The average molecular weight is 350 g/mol. The lowest BCUT2D eigenvalue weighted by atomic mass is 9.88. The van der Waals surface area contributed by atoms with Crippen LogP contribution in [0.4, 0.5) is 0 Å². The summed E-state index contributed by atoms with van der Waals surface area (Å²) in [6, 6.07) is 0. The quantitative estimate of drug-likeness (QED) is 0.644. The third-order valence-electron chi connectivity index (χ3n) is 5.71. The lowest BCUT2D eigenvalue weighted by Gasteiger charge is -2.25. The smallest absolute Gasteiger partial charge is 0.123 e. The van der Waals surface area contributed by atoms with Gasteiger partial charge in [-0.2, -0.15) is 0 Å². The zero-order valence-corrected chi connectivity index (χ0v) is 17.3. The molecule has 1 aromatic rings.